The van der Waals surface area contributed by atoms with Gasteiger partial charge in [0.15, 0.2) is 0 Å². The Morgan fingerprint density at radius 1 is 1.27 bits per heavy atom. The number of methoxy groups -OCH3 is 2. The van der Waals surface area contributed by atoms with Crippen molar-refractivity contribution in [3.05, 3.63) is 46.9 Å². The number of rotatable bonds is 5. The van der Waals surface area contributed by atoms with Crippen molar-refractivity contribution in [3.63, 3.8) is 0 Å². The molecule has 118 valence electrons. The molecule has 0 fully saturated rings. The minimum Gasteiger partial charge on any atom is -0.494 e. The minimum absolute atomic E-state index is 0.0279. The zero-order valence-electron chi connectivity index (χ0n) is 12.7. The molecular formula is C16H18ClFN2O2. The van der Waals surface area contributed by atoms with Crippen molar-refractivity contribution in [2.75, 3.05) is 20.8 Å². The molecule has 0 aliphatic heterocycles. The van der Waals surface area contributed by atoms with Crippen LogP contribution >= 0.6 is 11.6 Å². The molecule has 1 atom stereocenters. The van der Waals surface area contributed by atoms with Crippen molar-refractivity contribution in [3.8, 4) is 17.0 Å². The molecule has 0 aliphatic rings. The summed E-state index contributed by atoms with van der Waals surface area (Å²) in [5.74, 6) is 0.0751. The predicted molar refractivity (Wildman–Crippen MR) is 84.6 cm³/mol. The molecule has 6 heteroatoms. The van der Waals surface area contributed by atoms with E-state index >= 15 is 0 Å². The SMILES string of the molecule is COc1ccc(C(C)(CN)OC)nc1-c1ccc(F)c(Cl)c1. The van der Waals surface area contributed by atoms with Crippen LogP contribution in [0.2, 0.25) is 5.02 Å². The Balaban J connectivity index is 2.60. The molecule has 0 bridgehead atoms. The average Bonchev–Trinajstić information content (AvgIpc) is 2.56. The van der Waals surface area contributed by atoms with Gasteiger partial charge in [0.2, 0.25) is 0 Å². The van der Waals surface area contributed by atoms with E-state index in [1.54, 1.807) is 32.4 Å². The first-order valence-electron chi connectivity index (χ1n) is 6.71. The van der Waals surface area contributed by atoms with Gasteiger partial charge >= 0.3 is 0 Å². The van der Waals surface area contributed by atoms with E-state index in [1.165, 1.54) is 12.1 Å². The van der Waals surface area contributed by atoms with E-state index < -0.39 is 11.4 Å². The van der Waals surface area contributed by atoms with Gasteiger partial charge in [-0.1, -0.05) is 11.6 Å². The van der Waals surface area contributed by atoms with E-state index in [2.05, 4.69) is 4.98 Å². The minimum atomic E-state index is -0.717. The molecule has 2 rings (SSSR count). The second kappa shape index (κ2) is 6.60. The first kappa shape index (κ1) is 16.7. The van der Waals surface area contributed by atoms with E-state index in [-0.39, 0.29) is 11.6 Å². The number of nitrogens with zero attached hydrogens (tertiary/aromatic N) is 1. The van der Waals surface area contributed by atoms with Crippen molar-refractivity contribution in [2.45, 2.75) is 12.5 Å². The Bertz CT molecular complexity index is 675. The van der Waals surface area contributed by atoms with Crippen molar-refractivity contribution < 1.29 is 13.9 Å². The molecule has 0 amide bonds. The molecule has 1 unspecified atom stereocenters. The van der Waals surface area contributed by atoms with Crippen molar-refractivity contribution in [2.24, 2.45) is 5.73 Å². The van der Waals surface area contributed by atoms with Crippen molar-refractivity contribution in [1.82, 2.24) is 4.98 Å². The summed E-state index contributed by atoms with van der Waals surface area (Å²) in [7, 11) is 3.12. The van der Waals surface area contributed by atoms with E-state index in [0.29, 0.717) is 22.7 Å². The molecule has 22 heavy (non-hydrogen) atoms. The van der Waals surface area contributed by atoms with E-state index in [0.717, 1.165) is 0 Å². The van der Waals surface area contributed by atoms with E-state index in [9.17, 15) is 4.39 Å². The van der Waals surface area contributed by atoms with Crippen LogP contribution < -0.4 is 10.5 Å². The van der Waals surface area contributed by atoms with Crippen LogP contribution in [0.15, 0.2) is 30.3 Å². The highest BCUT2D eigenvalue weighted by Crippen LogP contribution is 2.33. The van der Waals surface area contributed by atoms with Crippen LogP contribution in [0.5, 0.6) is 5.75 Å². The van der Waals surface area contributed by atoms with Crippen LogP contribution in [-0.4, -0.2) is 25.7 Å². The fourth-order valence-corrected chi connectivity index (χ4v) is 2.23. The molecule has 1 heterocycles. The van der Waals surface area contributed by atoms with Gasteiger partial charge in [-0.3, -0.25) is 0 Å². The molecule has 0 saturated heterocycles. The average molecular weight is 325 g/mol. The van der Waals surface area contributed by atoms with Crippen LogP contribution in [0, 0.1) is 5.82 Å². The van der Waals surface area contributed by atoms with Crippen LogP contribution in [0.25, 0.3) is 11.3 Å². The zero-order chi connectivity index (χ0) is 16.3. The Morgan fingerprint density at radius 3 is 2.55 bits per heavy atom. The number of hydrogen-bond donors (Lipinski definition) is 1. The molecule has 0 radical (unpaired) electrons. The van der Waals surface area contributed by atoms with Gasteiger partial charge in [-0.25, -0.2) is 9.37 Å². The highest BCUT2D eigenvalue weighted by atomic mass is 35.5. The van der Waals surface area contributed by atoms with Crippen molar-refractivity contribution in [1.29, 1.82) is 0 Å². The van der Waals surface area contributed by atoms with Gasteiger partial charge in [-0.2, -0.15) is 0 Å². The number of nitrogens with two attached hydrogens (primary N) is 1. The number of pyridine rings is 1. The topological polar surface area (TPSA) is 57.4 Å². The maximum atomic E-state index is 13.4. The van der Waals surface area contributed by atoms with Gasteiger partial charge < -0.3 is 15.2 Å². The van der Waals surface area contributed by atoms with Gasteiger partial charge in [0.1, 0.15) is 22.9 Å². The maximum absolute atomic E-state index is 13.4. The summed E-state index contributed by atoms with van der Waals surface area (Å²) < 4.78 is 24.2. The lowest BCUT2D eigenvalue weighted by Gasteiger charge is -2.26. The molecule has 2 N–H and O–H groups in total. The molecule has 0 aliphatic carbocycles. The van der Waals surface area contributed by atoms with Gasteiger partial charge in [-0.15, -0.1) is 0 Å². The van der Waals surface area contributed by atoms with Gasteiger partial charge in [0, 0.05) is 19.2 Å². The lowest BCUT2D eigenvalue weighted by Crippen LogP contribution is -2.34. The molecule has 4 nitrogen and oxygen atoms in total. The third kappa shape index (κ3) is 3.06. The maximum Gasteiger partial charge on any atom is 0.145 e. The second-order valence-corrected chi connectivity index (χ2v) is 5.42. The normalized spacial score (nSPS) is 13.7. The van der Waals surface area contributed by atoms with Gasteiger partial charge in [0.25, 0.3) is 0 Å². The summed E-state index contributed by atoms with van der Waals surface area (Å²) in [5, 5.41) is 0.0279. The Kier molecular flexibility index (Phi) is 5.01. The predicted octanol–water partition coefficient (Wildman–Crippen LogP) is 3.37. The third-order valence-corrected chi connectivity index (χ3v) is 3.94. The van der Waals surface area contributed by atoms with E-state index in [1.807, 2.05) is 6.92 Å². The highest BCUT2D eigenvalue weighted by molar-refractivity contribution is 6.31. The number of halogens is 2. The second-order valence-electron chi connectivity index (χ2n) is 5.02. The van der Waals surface area contributed by atoms with Gasteiger partial charge in [0.05, 0.1) is 17.8 Å². The lowest BCUT2D eigenvalue weighted by molar-refractivity contribution is 0.00645. The summed E-state index contributed by atoms with van der Waals surface area (Å²) in [6, 6.07) is 7.98. The number of aromatic nitrogens is 1. The molecule has 0 saturated carbocycles. The highest BCUT2D eigenvalue weighted by Gasteiger charge is 2.27. The third-order valence-electron chi connectivity index (χ3n) is 3.65. The molecular weight excluding hydrogens is 307 g/mol. The monoisotopic (exact) mass is 324 g/mol. The fraction of sp³-hybridized carbons (Fsp3) is 0.312. The van der Waals surface area contributed by atoms with Crippen LogP contribution in [0.4, 0.5) is 4.39 Å². The van der Waals surface area contributed by atoms with Gasteiger partial charge in [-0.05, 0) is 37.3 Å². The first-order chi connectivity index (χ1) is 10.4. The summed E-state index contributed by atoms with van der Waals surface area (Å²) in [4.78, 5) is 4.59. The number of hydrogen-bond acceptors (Lipinski definition) is 4. The Labute approximate surface area is 134 Å². The summed E-state index contributed by atoms with van der Waals surface area (Å²) in [6.45, 7) is 2.12. The summed E-state index contributed by atoms with van der Waals surface area (Å²) in [5.41, 5.74) is 6.94. The molecule has 2 aromatic rings. The number of ether oxygens (including phenoxy) is 2. The quantitative estimate of drug-likeness (QED) is 0.916. The lowest BCUT2D eigenvalue weighted by atomic mass is 10.00. The standard InChI is InChI=1S/C16H18ClFN2O2/c1-16(9-19,22-3)14-7-6-13(21-2)15(20-14)10-4-5-12(18)11(17)8-10/h4-8H,9,19H2,1-3H3. The summed E-state index contributed by atoms with van der Waals surface area (Å²) in [6.07, 6.45) is 0. The van der Waals surface area contributed by atoms with E-state index in [4.69, 9.17) is 26.8 Å². The van der Waals surface area contributed by atoms with Crippen LogP contribution in [0.1, 0.15) is 12.6 Å². The molecule has 1 aromatic heterocycles. The zero-order valence-corrected chi connectivity index (χ0v) is 13.4. The fourth-order valence-electron chi connectivity index (χ4n) is 2.05. The Morgan fingerprint density at radius 2 is 2.00 bits per heavy atom. The van der Waals surface area contributed by atoms with Crippen LogP contribution in [0.3, 0.4) is 0 Å². The largest absolute Gasteiger partial charge is 0.494 e. The molecule has 1 aromatic carbocycles. The summed E-state index contributed by atoms with van der Waals surface area (Å²) >= 11 is 5.86. The molecule has 0 spiro atoms. The first-order valence-corrected chi connectivity index (χ1v) is 7.09. The Hall–Kier alpha value is -1.69. The number of benzene rings is 1. The van der Waals surface area contributed by atoms with Crippen molar-refractivity contribution >= 4 is 11.6 Å². The van der Waals surface area contributed by atoms with Crippen LogP contribution in [-0.2, 0) is 10.3 Å². The smallest absolute Gasteiger partial charge is 0.145 e.